The van der Waals surface area contributed by atoms with Crippen molar-refractivity contribution in [3.63, 3.8) is 0 Å². The van der Waals surface area contributed by atoms with Crippen LogP contribution in [-0.4, -0.2) is 23.1 Å². The number of aryl methyl sites for hydroxylation is 1. The summed E-state index contributed by atoms with van der Waals surface area (Å²) in [6, 6.07) is 2.00. The number of rotatable bonds is 2. The Morgan fingerprint density at radius 2 is 2.07 bits per heavy atom. The second kappa shape index (κ2) is 3.92. The Kier molecular flexibility index (Phi) is 2.63. The van der Waals surface area contributed by atoms with Crippen LogP contribution in [0.1, 0.15) is 24.4 Å². The topological polar surface area (TPSA) is 55.0 Å². The lowest BCUT2D eigenvalue weighted by Crippen LogP contribution is -2.20. The molecular formula is C10H16N4. The molecule has 1 fully saturated rings. The maximum Gasteiger partial charge on any atom is 0.132 e. The minimum Gasteiger partial charge on any atom is -0.357 e. The normalized spacial score (nSPS) is 16.3. The van der Waals surface area contributed by atoms with Gasteiger partial charge in [-0.2, -0.15) is 0 Å². The van der Waals surface area contributed by atoms with Gasteiger partial charge in [-0.1, -0.05) is 0 Å². The molecule has 2 rings (SSSR count). The molecule has 4 nitrogen and oxygen atoms in total. The highest BCUT2D eigenvalue weighted by atomic mass is 15.2. The largest absolute Gasteiger partial charge is 0.357 e. The molecular weight excluding hydrogens is 176 g/mol. The van der Waals surface area contributed by atoms with E-state index in [-0.39, 0.29) is 0 Å². The molecule has 0 atom stereocenters. The van der Waals surface area contributed by atoms with Gasteiger partial charge in [0, 0.05) is 25.7 Å². The summed E-state index contributed by atoms with van der Waals surface area (Å²) < 4.78 is 0. The van der Waals surface area contributed by atoms with E-state index in [0.717, 1.165) is 30.4 Å². The highest BCUT2D eigenvalue weighted by molar-refractivity contribution is 5.40. The van der Waals surface area contributed by atoms with Crippen LogP contribution in [0.4, 0.5) is 5.82 Å². The third-order valence-corrected chi connectivity index (χ3v) is 2.52. The van der Waals surface area contributed by atoms with Gasteiger partial charge in [0.15, 0.2) is 0 Å². The van der Waals surface area contributed by atoms with E-state index < -0.39 is 0 Å². The van der Waals surface area contributed by atoms with Crippen LogP contribution < -0.4 is 10.6 Å². The van der Waals surface area contributed by atoms with Gasteiger partial charge in [-0.25, -0.2) is 9.97 Å². The van der Waals surface area contributed by atoms with E-state index in [0.29, 0.717) is 6.54 Å². The molecule has 0 aliphatic carbocycles. The molecule has 4 heteroatoms. The maximum atomic E-state index is 5.58. The van der Waals surface area contributed by atoms with Gasteiger partial charge in [-0.05, 0) is 19.8 Å². The zero-order valence-corrected chi connectivity index (χ0v) is 8.53. The van der Waals surface area contributed by atoms with Crippen molar-refractivity contribution < 1.29 is 0 Å². The number of nitrogens with zero attached hydrogens (tertiary/aromatic N) is 3. The Morgan fingerprint density at radius 1 is 1.36 bits per heavy atom. The summed E-state index contributed by atoms with van der Waals surface area (Å²) in [6.07, 6.45) is 2.53. The first kappa shape index (κ1) is 9.40. The van der Waals surface area contributed by atoms with Crippen molar-refractivity contribution in [3.8, 4) is 0 Å². The van der Waals surface area contributed by atoms with Crippen LogP contribution in [0.15, 0.2) is 6.07 Å². The summed E-state index contributed by atoms with van der Waals surface area (Å²) >= 11 is 0. The van der Waals surface area contributed by atoms with Gasteiger partial charge in [-0.15, -0.1) is 0 Å². The zero-order chi connectivity index (χ0) is 9.97. The predicted octanol–water partition coefficient (Wildman–Crippen LogP) is 0.844. The van der Waals surface area contributed by atoms with Crippen molar-refractivity contribution in [2.24, 2.45) is 5.73 Å². The predicted molar refractivity (Wildman–Crippen MR) is 56.1 cm³/mol. The zero-order valence-electron chi connectivity index (χ0n) is 8.53. The molecule has 14 heavy (non-hydrogen) atoms. The second-order valence-corrected chi connectivity index (χ2v) is 3.66. The Labute approximate surface area is 84.2 Å². The van der Waals surface area contributed by atoms with E-state index in [1.54, 1.807) is 0 Å². The first-order valence-corrected chi connectivity index (χ1v) is 5.09. The van der Waals surface area contributed by atoms with E-state index >= 15 is 0 Å². The maximum absolute atomic E-state index is 5.58. The molecule has 1 aromatic heterocycles. The minimum absolute atomic E-state index is 0.490. The molecule has 1 aliphatic rings. The fourth-order valence-corrected chi connectivity index (χ4v) is 1.82. The van der Waals surface area contributed by atoms with Crippen LogP contribution in [0, 0.1) is 6.92 Å². The Bertz CT molecular complexity index is 318. The molecule has 0 aromatic carbocycles. The molecule has 76 valence electrons. The summed E-state index contributed by atoms with van der Waals surface area (Å²) in [4.78, 5) is 11.0. The van der Waals surface area contributed by atoms with E-state index in [4.69, 9.17) is 5.73 Å². The number of aromatic nitrogens is 2. The van der Waals surface area contributed by atoms with Gasteiger partial charge in [0.2, 0.25) is 0 Å². The molecule has 0 amide bonds. The molecule has 1 saturated heterocycles. The number of nitrogens with two attached hydrogens (primary N) is 1. The summed E-state index contributed by atoms with van der Waals surface area (Å²) in [5.41, 5.74) is 6.51. The Hall–Kier alpha value is -1.16. The van der Waals surface area contributed by atoms with Crippen molar-refractivity contribution >= 4 is 5.82 Å². The lowest BCUT2D eigenvalue weighted by Gasteiger charge is -2.17. The molecule has 2 heterocycles. The van der Waals surface area contributed by atoms with Crippen LogP contribution >= 0.6 is 0 Å². The molecule has 0 saturated carbocycles. The first-order valence-electron chi connectivity index (χ1n) is 5.09. The van der Waals surface area contributed by atoms with Crippen LogP contribution in [0.5, 0.6) is 0 Å². The van der Waals surface area contributed by atoms with Gasteiger partial charge in [0.05, 0.1) is 5.69 Å². The summed E-state index contributed by atoms with van der Waals surface area (Å²) in [7, 11) is 0. The van der Waals surface area contributed by atoms with Gasteiger partial charge < -0.3 is 10.6 Å². The van der Waals surface area contributed by atoms with Crippen LogP contribution in [0.2, 0.25) is 0 Å². The summed E-state index contributed by atoms with van der Waals surface area (Å²) in [6.45, 7) is 4.63. The van der Waals surface area contributed by atoms with E-state index in [9.17, 15) is 0 Å². The number of hydrogen-bond donors (Lipinski definition) is 1. The lowest BCUT2D eigenvalue weighted by molar-refractivity contribution is 0.874. The molecule has 0 spiro atoms. The van der Waals surface area contributed by atoms with Gasteiger partial charge in [0.25, 0.3) is 0 Å². The van der Waals surface area contributed by atoms with Crippen LogP contribution in [-0.2, 0) is 6.54 Å². The lowest BCUT2D eigenvalue weighted by atomic mass is 10.3. The van der Waals surface area contributed by atoms with E-state index in [1.807, 2.05) is 13.0 Å². The standard InChI is InChI=1S/C10H16N4/c1-8-12-9(7-11)6-10(13-8)14-4-2-3-5-14/h6H,2-5,7,11H2,1H3. The molecule has 0 bridgehead atoms. The fourth-order valence-electron chi connectivity index (χ4n) is 1.82. The quantitative estimate of drug-likeness (QED) is 0.754. The van der Waals surface area contributed by atoms with Gasteiger partial charge in [0.1, 0.15) is 11.6 Å². The van der Waals surface area contributed by atoms with Crippen LogP contribution in [0.3, 0.4) is 0 Å². The van der Waals surface area contributed by atoms with Crippen molar-refractivity contribution in [3.05, 3.63) is 17.6 Å². The number of anilines is 1. The molecule has 1 aliphatic heterocycles. The van der Waals surface area contributed by atoms with Crippen molar-refractivity contribution in [2.75, 3.05) is 18.0 Å². The second-order valence-electron chi connectivity index (χ2n) is 3.66. The molecule has 2 N–H and O–H groups in total. The average molecular weight is 192 g/mol. The minimum atomic E-state index is 0.490. The highest BCUT2D eigenvalue weighted by Crippen LogP contribution is 2.18. The molecule has 0 radical (unpaired) electrons. The van der Waals surface area contributed by atoms with Gasteiger partial charge >= 0.3 is 0 Å². The first-order chi connectivity index (χ1) is 6.79. The van der Waals surface area contributed by atoms with E-state index in [2.05, 4.69) is 14.9 Å². The van der Waals surface area contributed by atoms with Crippen LogP contribution in [0.25, 0.3) is 0 Å². The fraction of sp³-hybridized carbons (Fsp3) is 0.600. The van der Waals surface area contributed by atoms with Crippen molar-refractivity contribution in [1.29, 1.82) is 0 Å². The SMILES string of the molecule is Cc1nc(CN)cc(N2CCCC2)n1. The Morgan fingerprint density at radius 3 is 2.71 bits per heavy atom. The third-order valence-electron chi connectivity index (χ3n) is 2.52. The third kappa shape index (κ3) is 1.85. The average Bonchev–Trinajstić information content (AvgIpc) is 2.69. The monoisotopic (exact) mass is 192 g/mol. The van der Waals surface area contributed by atoms with Crippen molar-refractivity contribution in [1.82, 2.24) is 9.97 Å². The summed E-state index contributed by atoms with van der Waals surface area (Å²) in [5.74, 6) is 1.85. The molecule has 1 aromatic rings. The van der Waals surface area contributed by atoms with E-state index in [1.165, 1.54) is 12.8 Å². The van der Waals surface area contributed by atoms with Crippen molar-refractivity contribution in [2.45, 2.75) is 26.3 Å². The highest BCUT2D eigenvalue weighted by Gasteiger charge is 2.14. The smallest absolute Gasteiger partial charge is 0.132 e. The number of hydrogen-bond acceptors (Lipinski definition) is 4. The Balaban J connectivity index is 2.27. The summed E-state index contributed by atoms with van der Waals surface area (Å²) in [5, 5.41) is 0. The molecule has 0 unspecified atom stereocenters. The van der Waals surface area contributed by atoms with Gasteiger partial charge in [-0.3, -0.25) is 0 Å².